The molecule has 0 radical (unpaired) electrons. The van der Waals surface area contributed by atoms with Crippen LogP contribution in [0.3, 0.4) is 0 Å². The molecule has 0 saturated carbocycles. The number of β-amino-alcohol motifs (C(OH)–C–C–N with tert-alkyl or cyclic N) is 1. The lowest BCUT2D eigenvalue weighted by Gasteiger charge is -2.32. The molecule has 2 aromatic carbocycles. The predicted molar refractivity (Wildman–Crippen MR) is 156 cm³/mol. The van der Waals surface area contributed by atoms with Gasteiger partial charge in [0.05, 0.1) is 18.6 Å². The third-order valence-electron chi connectivity index (χ3n) is 6.78. The SMILES string of the molecule is CC(C)(C)OC(=O)[C@@H]1CCCN1C[C@H](O)[C@@H](Cc1ccccc1)NC(=O)C(CC(N)=O)NC(=O)OCc1ccccc1. The van der Waals surface area contributed by atoms with Crippen molar-refractivity contribution >= 4 is 23.9 Å². The zero-order valence-corrected chi connectivity index (χ0v) is 24.5. The number of alkyl carbamates (subject to hydrolysis) is 1. The highest BCUT2D eigenvalue weighted by Gasteiger charge is 2.37. The van der Waals surface area contributed by atoms with Crippen LogP contribution in [0.25, 0.3) is 0 Å². The lowest BCUT2D eigenvalue weighted by Crippen LogP contribution is -2.56. The molecule has 1 heterocycles. The van der Waals surface area contributed by atoms with Crippen molar-refractivity contribution in [3.63, 3.8) is 0 Å². The van der Waals surface area contributed by atoms with Crippen LogP contribution in [-0.2, 0) is 36.9 Å². The van der Waals surface area contributed by atoms with E-state index in [1.807, 2.05) is 41.3 Å². The van der Waals surface area contributed by atoms with E-state index in [0.29, 0.717) is 13.0 Å². The number of carbonyl (C=O) groups excluding carboxylic acids is 4. The Morgan fingerprint density at radius 1 is 1.00 bits per heavy atom. The predicted octanol–water partition coefficient (Wildman–Crippen LogP) is 2.05. The molecule has 228 valence electrons. The largest absolute Gasteiger partial charge is 0.459 e. The number of hydrogen-bond acceptors (Lipinski definition) is 8. The lowest BCUT2D eigenvalue weighted by atomic mass is 9.99. The van der Waals surface area contributed by atoms with Gasteiger partial charge in [-0.15, -0.1) is 0 Å². The summed E-state index contributed by atoms with van der Waals surface area (Å²) in [7, 11) is 0. The summed E-state index contributed by atoms with van der Waals surface area (Å²) in [5.41, 5.74) is 6.34. The molecule has 0 aromatic heterocycles. The van der Waals surface area contributed by atoms with Crippen molar-refractivity contribution in [2.45, 2.75) is 82.9 Å². The second-order valence-electron chi connectivity index (χ2n) is 11.5. The first-order valence-corrected chi connectivity index (χ1v) is 14.2. The van der Waals surface area contributed by atoms with E-state index in [2.05, 4.69) is 10.6 Å². The van der Waals surface area contributed by atoms with Gasteiger partial charge in [-0.25, -0.2) is 4.79 Å². The maximum absolute atomic E-state index is 13.4. The molecule has 3 amide bonds. The first kappa shape index (κ1) is 32.6. The van der Waals surface area contributed by atoms with Crippen LogP contribution in [-0.4, -0.2) is 76.8 Å². The van der Waals surface area contributed by atoms with Crippen molar-refractivity contribution in [3.8, 4) is 0 Å². The minimum atomic E-state index is -1.32. The topological polar surface area (TPSA) is 160 Å². The smallest absolute Gasteiger partial charge is 0.408 e. The average molecular weight is 583 g/mol. The molecule has 1 fully saturated rings. The molecule has 2 aromatic rings. The van der Waals surface area contributed by atoms with E-state index in [1.165, 1.54) is 0 Å². The Bertz CT molecular complexity index is 1190. The molecule has 1 aliphatic heterocycles. The average Bonchev–Trinajstić information content (AvgIpc) is 3.39. The zero-order valence-electron chi connectivity index (χ0n) is 24.5. The van der Waals surface area contributed by atoms with Gasteiger partial charge in [0.25, 0.3) is 0 Å². The Labute approximate surface area is 246 Å². The highest BCUT2D eigenvalue weighted by Crippen LogP contribution is 2.22. The molecule has 5 N–H and O–H groups in total. The molecule has 1 saturated heterocycles. The molecule has 42 heavy (non-hydrogen) atoms. The number of ether oxygens (including phenoxy) is 2. The van der Waals surface area contributed by atoms with Gasteiger partial charge < -0.3 is 30.9 Å². The van der Waals surface area contributed by atoms with E-state index in [4.69, 9.17) is 15.2 Å². The van der Waals surface area contributed by atoms with E-state index in [-0.39, 0.29) is 25.5 Å². The fourth-order valence-corrected chi connectivity index (χ4v) is 4.80. The monoisotopic (exact) mass is 582 g/mol. The van der Waals surface area contributed by atoms with Gasteiger partial charge in [-0.2, -0.15) is 0 Å². The number of esters is 1. The summed E-state index contributed by atoms with van der Waals surface area (Å²) in [6.07, 6.45) is -0.808. The quantitative estimate of drug-likeness (QED) is 0.261. The van der Waals surface area contributed by atoms with Gasteiger partial charge in [-0.3, -0.25) is 19.3 Å². The zero-order chi connectivity index (χ0) is 30.7. The van der Waals surface area contributed by atoms with Crippen LogP contribution in [0, 0.1) is 0 Å². The molecule has 11 heteroatoms. The number of aliphatic hydroxyl groups excluding tert-OH is 1. The summed E-state index contributed by atoms with van der Waals surface area (Å²) >= 11 is 0. The maximum Gasteiger partial charge on any atom is 0.408 e. The number of aliphatic hydroxyl groups is 1. The summed E-state index contributed by atoms with van der Waals surface area (Å²) in [6.45, 7) is 6.08. The van der Waals surface area contributed by atoms with Crippen molar-refractivity contribution in [1.29, 1.82) is 0 Å². The van der Waals surface area contributed by atoms with E-state index in [1.54, 1.807) is 45.0 Å². The van der Waals surface area contributed by atoms with Crippen molar-refractivity contribution in [2.75, 3.05) is 13.1 Å². The molecular formula is C31H42N4O7. The standard InChI is InChI=1S/C31H42N4O7/c1-31(2,3)42-29(39)25-15-10-16-35(25)19-26(36)23(17-21-11-6-4-7-12-21)33-28(38)24(18-27(32)37)34-30(40)41-20-22-13-8-5-9-14-22/h4-9,11-14,23-26,36H,10,15-20H2,1-3H3,(H2,32,37)(H,33,38)(H,34,40)/t23-,24?,25+,26+/m1/s1. The highest BCUT2D eigenvalue weighted by atomic mass is 16.6. The highest BCUT2D eigenvalue weighted by molar-refractivity contribution is 5.90. The Morgan fingerprint density at radius 3 is 2.21 bits per heavy atom. The molecule has 0 aliphatic carbocycles. The Balaban J connectivity index is 1.71. The number of carbonyl (C=O) groups is 4. The first-order valence-electron chi connectivity index (χ1n) is 14.2. The van der Waals surface area contributed by atoms with Crippen LogP contribution in [0.4, 0.5) is 4.79 Å². The van der Waals surface area contributed by atoms with Crippen LogP contribution < -0.4 is 16.4 Å². The molecule has 0 bridgehead atoms. The second kappa shape index (κ2) is 15.3. The molecule has 1 aliphatic rings. The molecule has 11 nitrogen and oxygen atoms in total. The number of nitrogens with two attached hydrogens (primary N) is 1. The number of rotatable bonds is 13. The number of benzene rings is 2. The van der Waals surface area contributed by atoms with Gasteiger partial charge in [-0.05, 0) is 57.7 Å². The number of nitrogens with one attached hydrogen (secondary N) is 2. The summed E-state index contributed by atoms with van der Waals surface area (Å²) < 4.78 is 10.8. The van der Waals surface area contributed by atoms with E-state index in [9.17, 15) is 24.3 Å². The normalized spacial score (nSPS) is 17.5. The van der Waals surface area contributed by atoms with Crippen LogP contribution in [0.2, 0.25) is 0 Å². The van der Waals surface area contributed by atoms with Gasteiger partial charge in [0, 0.05) is 6.54 Å². The third kappa shape index (κ3) is 10.8. The fraction of sp³-hybridized carbons (Fsp3) is 0.484. The number of nitrogens with zero attached hydrogens (tertiary/aromatic N) is 1. The van der Waals surface area contributed by atoms with Gasteiger partial charge in [0.2, 0.25) is 11.8 Å². The van der Waals surface area contributed by atoms with E-state index in [0.717, 1.165) is 17.5 Å². The van der Waals surface area contributed by atoms with Gasteiger partial charge in [0.15, 0.2) is 0 Å². The minimum absolute atomic E-state index is 0.0262. The van der Waals surface area contributed by atoms with Gasteiger partial charge >= 0.3 is 12.1 Å². The molecular weight excluding hydrogens is 540 g/mol. The third-order valence-corrected chi connectivity index (χ3v) is 6.78. The van der Waals surface area contributed by atoms with Crippen molar-refractivity contribution in [3.05, 3.63) is 71.8 Å². The van der Waals surface area contributed by atoms with Crippen molar-refractivity contribution in [2.24, 2.45) is 5.73 Å². The number of amides is 3. The summed E-state index contributed by atoms with van der Waals surface area (Å²) in [5.74, 6) is -1.85. The van der Waals surface area contributed by atoms with E-state index >= 15 is 0 Å². The van der Waals surface area contributed by atoms with Gasteiger partial charge in [0.1, 0.15) is 24.3 Å². The Kier molecular flexibility index (Phi) is 11.9. The molecule has 1 unspecified atom stereocenters. The first-order chi connectivity index (χ1) is 19.9. The maximum atomic E-state index is 13.4. The lowest BCUT2D eigenvalue weighted by molar-refractivity contribution is -0.160. The summed E-state index contributed by atoms with van der Waals surface area (Å²) in [4.78, 5) is 52.3. The van der Waals surface area contributed by atoms with Crippen LogP contribution in [0.5, 0.6) is 0 Å². The Hall–Kier alpha value is -3.96. The minimum Gasteiger partial charge on any atom is -0.459 e. The molecule has 4 atom stereocenters. The van der Waals surface area contributed by atoms with Crippen LogP contribution in [0.1, 0.15) is 51.2 Å². The second-order valence-corrected chi connectivity index (χ2v) is 11.5. The number of likely N-dealkylation sites (tertiary alicyclic amines) is 1. The number of primary amides is 1. The molecule has 3 rings (SSSR count). The van der Waals surface area contributed by atoms with Crippen LogP contribution >= 0.6 is 0 Å². The van der Waals surface area contributed by atoms with E-state index < -0.39 is 54.2 Å². The number of hydrogen-bond donors (Lipinski definition) is 4. The van der Waals surface area contributed by atoms with Gasteiger partial charge in [-0.1, -0.05) is 60.7 Å². The summed E-state index contributed by atoms with van der Waals surface area (Å²) in [5, 5.41) is 16.6. The van der Waals surface area contributed by atoms with Crippen LogP contribution in [0.15, 0.2) is 60.7 Å². The fourth-order valence-electron chi connectivity index (χ4n) is 4.80. The Morgan fingerprint density at radius 2 is 1.62 bits per heavy atom. The summed E-state index contributed by atoms with van der Waals surface area (Å²) in [6, 6.07) is 15.7. The molecule has 0 spiro atoms. The van der Waals surface area contributed by atoms with Crippen molar-refractivity contribution in [1.82, 2.24) is 15.5 Å². The van der Waals surface area contributed by atoms with Crippen molar-refractivity contribution < 1.29 is 33.8 Å².